The number of carbonyl (C=O) groups is 1. The van der Waals surface area contributed by atoms with Crippen molar-refractivity contribution in [2.45, 2.75) is 33.6 Å². The summed E-state index contributed by atoms with van der Waals surface area (Å²) in [5, 5.41) is 14.8. The van der Waals surface area contributed by atoms with Crippen LogP contribution in [0.2, 0.25) is 0 Å². The molecule has 0 fully saturated rings. The zero-order valence-electron chi connectivity index (χ0n) is 12.4. The molecule has 0 heterocycles. The van der Waals surface area contributed by atoms with Crippen LogP contribution in [0.4, 0.5) is 5.69 Å². The molecule has 4 nitrogen and oxygen atoms in total. The van der Waals surface area contributed by atoms with Gasteiger partial charge in [-0.1, -0.05) is 32.0 Å². The van der Waals surface area contributed by atoms with Gasteiger partial charge in [0.1, 0.15) is 11.6 Å². The maximum atomic E-state index is 12.1. The average Bonchev–Trinajstić information content (AvgIpc) is 2.41. The second kappa shape index (κ2) is 7.34. The van der Waals surface area contributed by atoms with E-state index < -0.39 is 0 Å². The Kier molecular flexibility index (Phi) is 5.79. The van der Waals surface area contributed by atoms with Gasteiger partial charge in [0, 0.05) is 18.4 Å². The summed E-state index contributed by atoms with van der Waals surface area (Å²) in [4.78, 5) is 12.1. The highest BCUT2D eigenvalue weighted by molar-refractivity contribution is 6.07. The summed E-state index contributed by atoms with van der Waals surface area (Å²) in [5.41, 5.74) is 2.93. The summed E-state index contributed by atoms with van der Waals surface area (Å²) >= 11 is 0. The van der Waals surface area contributed by atoms with Crippen molar-refractivity contribution in [3.05, 3.63) is 41.1 Å². The number of benzene rings is 1. The first-order valence-corrected chi connectivity index (χ1v) is 6.75. The van der Waals surface area contributed by atoms with Gasteiger partial charge in [-0.2, -0.15) is 5.26 Å². The van der Waals surface area contributed by atoms with E-state index in [0.717, 1.165) is 16.8 Å². The third-order valence-electron chi connectivity index (χ3n) is 2.98. The Bertz CT molecular complexity index is 553. The van der Waals surface area contributed by atoms with Crippen molar-refractivity contribution in [2.75, 3.05) is 11.9 Å². The molecule has 0 saturated carbocycles. The fourth-order valence-corrected chi connectivity index (χ4v) is 1.88. The van der Waals surface area contributed by atoms with Gasteiger partial charge in [0.25, 0.3) is 5.91 Å². The van der Waals surface area contributed by atoms with Crippen molar-refractivity contribution in [3.63, 3.8) is 0 Å². The van der Waals surface area contributed by atoms with E-state index in [1.165, 1.54) is 6.20 Å². The molecule has 0 saturated heterocycles. The van der Waals surface area contributed by atoms with E-state index in [9.17, 15) is 4.79 Å². The van der Waals surface area contributed by atoms with Gasteiger partial charge in [-0.25, -0.2) is 0 Å². The summed E-state index contributed by atoms with van der Waals surface area (Å²) in [6.45, 7) is 8.66. The van der Waals surface area contributed by atoms with Crippen LogP contribution in [-0.4, -0.2) is 12.5 Å². The summed E-state index contributed by atoms with van der Waals surface area (Å²) in [6.07, 6.45) is 1.45. The van der Waals surface area contributed by atoms with Gasteiger partial charge in [0.2, 0.25) is 0 Å². The Hall–Kier alpha value is -2.28. The lowest BCUT2D eigenvalue weighted by Gasteiger charge is -2.16. The Morgan fingerprint density at radius 1 is 1.45 bits per heavy atom. The van der Waals surface area contributed by atoms with Crippen LogP contribution in [0.5, 0.6) is 0 Å². The standard InChI is InChI=1S/C16H21N3O/c1-5-18-10-13(9-17)16(20)19-15-12(4)7-6-8-14(15)11(2)3/h6-8,10-11,18H,5H2,1-4H3,(H,19,20)/b13-10-. The molecule has 20 heavy (non-hydrogen) atoms. The number of para-hydroxylation sites is 1. The Balaban J connectivity index is 3.05. The number of nitrogens with one attached hydrogen (secondary N) is 2. The lowest BCUT2D eigenvalue weighted by Crippen LogP contribution is -2.18. The fourth-order valence-electron chi connectivity index (χ4n) is 1.88. The highest BCUT2D eigenvalue weighted by atomic mass is 16.1. The predicted octanol–water partition coefficient (Wildman–Crippen LogP) is 3.07. The lowest BCUT2D eigenvalue weighted by molar-refractivity contribution is -0.112. The van der Waals surface area contributed by atoms with Crippen molar-refractivity contribution < 1.29 is 4.79 Å². The third-order valence-corrected chi connectivity index (χ3v) is 2.98. The summed E-state index contributed by atoms with van der Waals surface area (Å²) < 4.78 is 0. The second-order valence-electron chi connectivity index (χ2n) is 4.88. The van der Waals surface area contributed by atoms with Crippen molar-refractivity contribution in [1.82, 2.24) is 5.32 Å². The minimum Gasteiger partial charge on any atom is -0.390 e. The molecule has 1 aromatic rings. The lowest BCUT2D eigenvalue weighted by atomic mass is 9.98. The Morgan fingerprint density at radius 3 is 2.70 bits per heavy atom. The quantitative estimate of drug-likeness (QED) is 0.639. The molecule has 0 unspecified atom stereocenters. The predicted molar refractivity (Wildman–Crippen MR) is 81.3 cm³/mol. The smallest absolute Gasteiger partial charge is 0.267 e. The van der Waals surface area contributed by atoms with Crippen LogP contribution in [-0.2, 0) is 4.79 Å². The number of rotatable bonds is 5. The molecule has 1 rings (SSSR count). The molecule has 0 radical (unpaired) electrons. The van der Waals surface area contributed by atoms with E-state index in [-0.39, 0.29) is 11.5 Å². The van der Waals surface area contributed by atoms with Gasteiger partial charge in [-0.15, -0.1) is 0 Å². The average molecular weight is 271 g/mol. The molecular weight excluding hydrogens is 250 g/mol. The number of aryl methyl sites for hydroxylation is 1. The van der Waals surface area contributed by atoms with Crippen LogP contribution in [0.25, 0.3) is 0 Å². The third kappa shape index (κ3) is 3.86. The number of hydrogen-bond acceptors (Lipinski definition) is 3. The normalized spacial score (nSPS) is 11.1. The minimum atomic E-state index is -0.385. The zero-order chi connectivity index (χ0) is 15.1. The molecule has 1 amide bonds. The maximum Gasteiger partial charge on any atom is 0.267 e. The van der Waals surface area contributed by atoms with Crippen molar-refractivity contribution >= 4 is 11.6 Å². The topological polar surface area (TPSA) is 64.9 Å². The van der Waals surface area contributed by atoms with Crippen LogP contribution in [0, 0.1) is 18.3 Å². The molecule has 0 aliphatic heterocycles. The van der Waals surface area contributed by atoms with Gasteiger partial charge in [-0.3, -0.25) is 4.79 Å². The van der Waals surface area contributed by atoms with Gasteiger partial charge in [0.05, 0.1) is 0 Å². The number of amides is 1. The molecule has 4 heteroatoms. The summed E-state index contributed by atoms with van der Waals surface area (Å²) in [6, 6.07) is 7.82. The van der Waals surface area contributed by atoms with E-state index >= 15 is 0 Å². The Labute approximate surface area is 120 Å². The number of nitrogens with zero attached hydrogens (tertiary/aromatic N) is 1. The largest absolute Gasteiger partial charge is 0.390 e. The van der Waals surface area contributed by atoms with Crippen molar-refractivity contribution in [2.24, 2.45) is 0 Å². The molecule has 106 valence electrons. The first-order chi connectivity index (χ1) is 9.51. The van der Waals surface area contributed by atoms with E-state index in [1.807, 2.05) is 38.1 Å². The zero-order valence-corrected chi connectivity index (χ0v) is 12.4. The monoisotopic (exact) mass is 271 g/mol. The maximum absolute atomic E-state index is 12.1. The van der Waals surface area contributed by atoms with Crippen molar-refractivity contribution in [3.8, 4) is 6.07 Å². The highest BCUT2D eigenvalue weighted by Gasteiger charge is 2.14. The SMILES string of the molecule is CCN/C=C(/C#N)C(=O)Nc1c(C)cccc1C(C)C. The molecular formula is C16H21N3O. The first-order valence-electron chi connectivity index (χ1n) is 6.75. The summed E-state index contributed by atoms with van der Waals surface area (Å²) in [7, 11) is 0. The minimum absolute atomic E-state index is 0.0739. The van der Waals surface area contributed by atoms with Crippen LogP contribution < -0.4 is 10.6 Å². The molecule has 1 aromatic carbocycles. The Morgan fingerprint density at radius 2 is 2.15 bits per heavy atom. The van der Waals surface area contributed by atoms with Gasteiger partial charge >= 0.3 is 0 Å². The van der Waals surface area contributed by atoms with Crippen LogP contribution in [0.3, 0.4) is 0 Å². The van der Waals surface area contributed by atoms with E-state index in [0.29, 0.717) is 12.5 Å². The summed E-state index contributed by atoms with van der Waals surface area (Å²) in [5.74, 6) is -0.0851. The molecule has 2 N–H and O–H groups in total. The number of carbonyl (C=O) groups excluding carboxylic acids is 1. The number of nitriles is 1. The van der Waals surface area contributed by atoms with Gasteiger partial charge in [-0.05, 0) is 30.9 Å². The molecule has 0 aromatic heterocycles. The second-order valence-corrected chi connectivity index (χ2v) is 4.88. The molecule has 0 aliphatic rings. The molecule has 0 spiro atoms. The number of anilines is 1. The molecule has 0 atom stereocenters. The van der Waals surface area contributed by atoms with E-state index in [4.69, 9.17) is 5.26 Å². The molecule has 0 bridgehead atoms. The number of hydrogen-bond donors (Lipinski definition) is 2. The van der Waals surface area contributed by atoms with Crippen molar-refractivity contribution in [1.29, 1.82) is 5.26 Å². The van der Waals surface area contributed by atoms with Crippen LogP contribution >= 0.6 is 0 Å². The van der Waals surface area contributed by atoms with E-state index in [1.54, 1.807) is 0 Å². The fraction of sp³-hybridized carbons (Fsp3) is 0.375. The molecule has 0 aliphatic carbocycles. The van der Waals surface area contributed by atoms with Gasteiger partial charge in [0.15, 0.2) is 0 Å². The first kappa shape index (κ1) is 15.8. The highest BCUT2D eigenvalue weighted by Crippen LogP contribution is 2.27. The van der Waals surface area contributed by atoms with Crippen LogP contribution in [0.1, 0.15) is 37.8 Å². The van der Waals surface area contributed by atoms with Crippen LogP contribution in [0.15, 0.2) is 30.0 Å². The van der Waals surface area contributed by atoms with E-state index in [2.05, 4.69) is 24.5 Å². The van der Waals surface area contributed by atoms with Gasteiger partial charge < -0.3 is 10.6 Å².